The predicted molar refractivity (Wildman–Crippen MR) is 70.4 cm³/mol. The molecule has 2 saturated heterocycles. The molecule has 5 nitrogen and oxygen atoms in total. The molecule has 0 spiro atoms. The number of aromatic nitrogens is 2. The molecule has 1 aromatic heterocycles. The van der Waals surface area contributed by atoms with Gasteiger partial charge in [-0.05, 0) is 27.8 Å². The molecule has 5 atom stereocenters. The van der Waals surface area contributed by atoms with Gasteiger partial charge in [-0.25, -0.2) is 9.97 Å². The van der Waals surface area contributed by atoms with E-state index in [9.17, 15) is 0 Å². The van der Waals surface area contributed by atoms with Crippen molar-refractivity contribution in [2.45, 2.75) is 57.3 Å². The first-order chi connectivity index (χ1) is 9.01. The van der Waals surface area contributed by atoms with Crippen molar-refractivity contribution in [1.29, 1.82) is 0 Å². The van der Waals surface area contributed by atoms with Gasteiger partial charge in [0.25, 0.3) is 0 Å². The normalized spacial score (nSPS) is 43.2. The average molecular weight is 263 g/mol. The summed E-state index contributed by atoms with van der Waals surface area (Å²) in [7, 11) is 2.09. The number of rotatable bonds is 1. The van der Waals surface area contributed by atoms with Gasteiger partial charge in [0.15, 0.2) is 0 Å². The summed E-state index contributed by atoms with van der Waals surface area (Å²) in [5, 5.41) is 0. The molecular formula is C14H21N3O2. The number of hydrogen-bond donors (Lipinski definition) is 0. The molecule has 0 bridgehead atoms. The van der Waals surface area contributed by atoms with E-state index in [0.29, 0.717) is 0 Å². The van der Waals surface area contributed by atoms with Crippen molar-refractivity contribution in [2.75, 3.05) is 7.05 Å². The third kappa shape index (κ3) is 2.06. The van der Waals surface area contributed by atoms with E-state index in [-0.39, 0.29) is 30.1 Å². The smallest absolute Gasteiger partial charge is 0.140 e. The van der Waals surface area contributed by atoms with Gasteiger partial charge in [0.05, 0.1) is 23.9 Å². The number of nitrogens with zero attached hydrogens (tertiary/aromatic N) is 3. The van der Waals surface area contributed by atoms with Gasteiger partial charge in [0.1, 0.15) is 12.6 Å². The molecule has 0 aliphatic carbocycles. The van der Waals surface area contributed by atoms with Gasteiger partial charge in [-0.15, -0.1) is 0 Å². The Hall–Kier alpha value is -1.04. The number of hydrogen-bond acceptors (Lipinski definition) is 5. The Morgan fingerprint density at radius 1 is 1.32 bits per heavy atom. The molecule has 2 aliphatic rings. The SMILES string of the molecule is CC1CC2(C)OC(c3cncnc3)N(C)C2C(C)O1. The van der Waals surface area contributed by atoms with Gasteiger partial charge >= 0.3 is 0 Å². The second-order valence-electron chi connectivity index (χ2n) is 5.92. The van der Waals surface area contributed by atoms with Crippen molar-refractivity contribution in [3.05, 3.63) is 24.3 Å². The molecule has 2 aliphatic heterocycles. The molecule has 19 heavy (non-hydrogen) atoms. The Morgan fingerprint density at radius 3 is 2.68 bits per heavy atom. The second-order valence-corrected chi connectivity index (χ2v) is 5.92. The Balaban J connectivity index is 1.92. The van der Waals surface area contributed by atoms with Crippen LogP contribution in [0.5, 0.6) is 0 Å². The summed E-state index contributed by atoms with van der Waals surface area (Å²) < 4.78 is 12.3. The lowest BCUT2D eigenvalue weighted by Crippen LogP contribution is -2.55. The molecule has 104 valence electrons. The van der Waals surface area contributed by atoms with Gasteiger partial charge in [-0.3, -0.25) is 4.90 Å². The van der Waals surface area contributed by atoms with Crippen LogP contribution in [-0.2, 0) is 9.47 Å². The maximum Gasteiger partial charge on any atom is 0.140 e. The van der Waals surface area contributed by atoms with Crippen LogP contribution in [0.1, 0.15) is 39.0 Å². The summed E-state index contributed by atoms with van der Waals surface area (Å²) in [6, 6.07) is 0.258. The van der Waals surface area contributed by atoms with Crippen molar-refractivity contribution < 1.29 is 9.47 Å². The van der Waals surface area contributed by atoms with Crippen molar-refractivity contribution in [3.63, 3.8) is 0 Å². The van der Waals surface area contributed by atoms with E-state index >= 15 is 0 Å². The van der Waals surface area contributed by atoms with Crippen molar-refractivity contribution >= 4 is 0 Å². The zero-order valence-electron chi connectivity index (χ0n) is 11.9. The fraction of sp³-hybridized carbons (Fsp3) is 0.714. The molecule has 5 heteroatoms. The fourth-order valence-electron chi connectivity index (χ4n) is 3.78. The standard InChI is InChI=1S/C14H21N3O2/c1-9-5-14(3)12(10(2)18-9)17(4)13(19-14)11-6-15-8-16-7-11/h6-10,12-13H,5H2,1-4H3. The molecule has 3 heterocycles. The Labute approximate surface area is 113 Å². The van der Waals surface area contributed by atoms with Crippen LogP contribution in [0.15, 0.2) is 18.7 Å². The minimum Gasteiger partial charge on any atom is -0.374 e. The molecule has 3 rings (SSSR count). The fourth-order valence-corrected chi connectivity index (χ4v) is 3.78. The minimum absolute atomic E-state index is 0.0902. The van der Waals surface area contributed by atoms with E-state index < -0.39 is 0 Å². The highest BCUT2D eigenvalue weighted by Gasteiger charge is 2.55. The number of fused-ring (bicyclic) bond motifs is 1. The van der Waals surface area contributed by atoms with Crippen molar-refractivity contribution in [3.8, 4) is 0 Å². The van der Waals surface area contributed by atoms with Crippen LogP contribution in [-0.4, -0.2) is 45.8 Å². The van der Waals surface area contributed by atoms with E-state index in [0.717, 1.165) is 12.0 Å². The zero-order chi connectivity index (χ0) is 13.6. The molecule has 0 radical (unpaired) electrons. The predicted octanol–water partition coefficient (Wildman–Crippen LogP) is 1.76. The maximum atomic E-state index is 6.36. The quantitative estimate of drug-likeness (QED) is 0.772. The molecule has 0 N–H and O–H groups in total. The topological polar surface area (TPSA) is 47.5 Å². The zero-order valence-corrected chi connectivity index (χ0v) is 11.9. The summed E-state index contributed by atoms with van der Waals surface area (Å²) in [4.78, 5) is 10.4. The third-order valence-electron chi connectivity index (χ3n) is 4.27. The molecule has 0 amide bonds. The molecular weight excluding hydrogens is 242 g/mol. The molecule has 5 unspecified atom stereocenters. The van der Waals surface area contributed by atoms with Crippen LogP contribution in [0.2, 0.25) is 0 Å². The lowest BCUT2D eigenvalue weighted by atomic mass is 9.84. The lowest BCUT2D eigenvalue weighted by Gasteiger charge is -2.43. The van der Waals surface area contributed by atoms with Crippen LogP contribution in [0.4, 0.5) is 0 Å². The van der Waals surface area contributed by atoms with Crippen molar-refractivity contribution in [1.82, 2.24) is 14.9 Å². The highest BCUT2D eigenvalue weighted by molar-refractivity contribution is 5.14. The van der Waals surface area contributed by atoms with Crippen LogP contribution >= 0.6 is 0 Å². The first-order valence-corrected chi connectivity index (χ1v) is 6.81. The molecule has 0 aromatic carbocycles. The average Bonchev–Trinajstić information content (AvgIpc) is 2.62. The first-order valence-electron chi connectivity index (χ1n) is 6.81. The van der Waals surface area contributed by atoms with Gasteiger partial charge < -0.3 is 9.47 Å². The van der Waals surface area contributed by atoms with Crippen LogP contribution < -0.4 is 0 Å². The Bertz CT molecular complexity index is 455. The van der Waals surface area contributed by atoms with E-state index in [1.54, 1.807) is 6.33 Å². The summed E-state index contributed by atoms with van der Waals surface area (Å²) in [5.74, 6) is 0. The summed E-state index contributed by atoms with van der Waals surface area (Å²) in [6.45, 7) is 6.43. The van der Waals surface area contributed by atoms with E-state index in [1.165, 1.54) is 0 Å². The van der Waals surface area contributed by atoms with Crippen molar-refractivity contribution in [2.24, 2.45) is 0 Å². The molecule has 0 saturated carbocycles. The second kappa shape index (κ2) is 4.51. The summed E-state index contributed by atoms with van der Waals surface area (Å²) in [5.41, 5.74) is 0.826. The third-order valence-corrected chi connectivity index (χ3v) is 4.27. The largest absolute Gasteiger partial charge is 0.374 e. The van der Waals surface area contributed by atoms with E-state index in [4.69, 9.17) is 9.47 Å². The lowest BCUT2D eigenvalue weighted by molar-refractivity contribution is -0.141. The Morgan fingerprint density at radius 2 is 2.00 bits per heavy atom. The molecule has 2 fully saturated rings. The van der Waals surface area contributed by atoms with Gasteiger partial charge in [-0.1, -0.05) is 0 Å². The highest BCUT2D eigenvalue weighted by Crippen LogP contribution is 2.46. The highest BCUT2D eigenvalue weighted by atomic mass is 16.6. The number of ether oxygens (including phenoxy) is 2. The monoisotopic (exact) mass is 263 g/mol. The first kappa shape index (κ1) is 13.0. The number of likely N-dealkylation sites (N-methyl/N-ethyl adjacent to an activating group) is 1. The summed E-state index contributed by atoms with van der Waals surface area (Å²) >= 11 is 0. The van der Waals surface area contributed by atoms with Crippen LogP contribution in [0.25, 0.3) is 0 Å². The minimum atomic E-state index is -0.174. The van der Waals surface area contributed by atoms with Gasteiger partial charge in [0.2, 0.25) is 0 Å². The van der Waals surface area contributed by atoms with E-state index in [1.807, 2.05) is 12.4 Å². The van der Waals surface area contributed by atoms with Crippen LogP contribution in [0, 0.1) is 0 Å². The Kier molecular flexibility index (Phi) is 3.08. The maximum absolute atomic E-state index is 6.36. The van der Waals surface area contributed by atoms with E-state index in [2.05, 4.69) is 42.7 Å². The van der Waals surface area contributed by atoms with Crippen LogP contribution in [0.3, 0.4) is 0 Å². The van der Waals surface area contributed by atoms with Gasteiger partial charge in [0, 0.05) is 24.4 Å². The van der Waals surface area contributed by atoms with Gasteiger partial charge in [-0.2, -0.15) is 0 Å². The summed E-state index contributed by atoms with van der Waals surface area (Å²) in [6.07, 6.45) is 6.40. The molecule has 1 aromatic rings.